The second kappa shape index (κ2) is 6.67. The molecular weight excluding hydrogens is 204 g/mol. The first-order valence-corrected chi connectivity index (χ1v) is 6.42. The number of hydrogen-bond donors (Lipinski definition) is 0. The third kappa shape index (κ3) is 5.03. The molecule has 0 saturated carbocycles. The Balaban J connectivity index is 2.23. The van der Waals surface area contributed by atoms with Gasteiger partial charge in [-0.15, -0.1) is 11.8 Å². The third-order valence-electron chi connectivity index (χ3n) is 2.25. The van der Waals surface area contributed by atoms with Crippen LogP contribution in [0.4, 0.5) is 0 Å². The fourth-order valence-electron chi connectivity index (χ4n) is 1.34. The van der Waals surface area contributed by atoms with Gasteiger partial charge in [-0.1, -0.05) is 24.6 Å². The number of carbonyl (C=O) groups is 1. The van der Waals surface area contributed by atoms with Crippen LogP contribution in [0, 0.1) is 6.92 Å². The van der Waals surface area contributed by atoms with Gasteiger partial charge in [0.2, 0.25) is 0 Å². The van der Waals surface area contributed by atoms with Crippen molar-refractivity contribution >= 4 is 17.5 Å². The van der Waals surface area contributed by atoms with Crippen LogP contribution in [0.25, 0.3) is 0 Å². The number of benzene rings is 1. The molecule has 0 aliphatic carbocycles. The fourth-order valence-corrected chi connectivity index (χ4v) is 2.31. The van der Waals surface area contributed by atoms with Crippen LogP contribution < -0.4 is 0 Å². The lowest BCUT2D eigenvalue weighted by Gasteiger charge is -2.02. The van der Waals surface area contributed by atoms with Gasteiger partial charge in [0.25, 0.3) is 0 Å². The van der Waals surface area contributed by atoms with Crippen molar-refractivity contribution in [1.29, 1.82) is 0 Å². The summed E-state index contributed by atoms with van der Waals surface area (Å²) in [4.78, 5) is 12.4. The minimum Gasteiger partial charge on any atom is -0.300 e. The van der Waals surface area contributed by atoms with Crippen LogP contribution in [0.2, 0.25) is 0 Å². The molecule has 2 heteroatoms. The monoisotopic (exact) mass is 222 g/mol. The molecule has 0 saturated heterocycles. The summed E-state index contributed by atoms with van der Waals surface area (Å²) in [7, 11) is 0. The minimum atomic E-state index is 0.375. The maximum absolute atomic E-state index is 11.1. The summed E-state index contributed by atoms with van der Waals surface area (Å²) >= 11 is 1.83. The topological polar surface area (TPSA) is 17.1 Å². The van der Waals surface area contributed by atoms with E-state index in [1.165, 1.54) is 10.5 Å². The molecule has 15 heavy (non-hydrogen) atoms. The van der Waals surface area contributed by atoms with E-state index in [1.54, 1.807) is 0 Å². The van der Waals surface area contributed by atoms with Crippen LogP contribution in [0.5, 0.6) is 0 Å². The summed E-state index contributed by atoms with van der Waals surface area (Å²) in [5.74, 6) is 1.41. The fraction of sp³-hybridized carbons (Fsp3) is 0.462. The van der Waals surface area contributed by atoms with Crippen molar-refractivity contribution in [2.24, 2.45) is 0 Å². The van der Waals surface area contributed by atoms with E-state index >= 15 is 0 Å². The van der Waals surface area contributed by atoms with Crippen LogP contribution in [-0.4, -0.2) is 11.5 Å². The highest BCUT2D eigenvalue weighted by Crippen LogP contribution is 2.20. The Morgan fingerprint density at radius 3 is 2.87 bits per heavy atom. The van der Waals surface area contributed by atoms with Crippen molar-refractivity contribution in [2.75, 3.05) is 5.75 Å². The lowest BCUT2D eigenvalue weighted by Crippen LogP contribution is -1.95. The van der Waals surface area contributed by atoms with Crippen molar-refractivity contribution in [1.82, 2.24) is 0 Å². The predicted octanol–water partition coefficient (Wildman–Crippen LogP) is 3.85. The van der Waals surface area contributed by atoms with Crippen LogP contribution in [0.15, 0.2) is 29.2 Å². The first kappa shape index (κ1) is 12.3. The summed E-state index contributed by atoms with van der Waals surface area (Å²) in [6.45, 7) is 4.03. The van der Waals surface area contributed by atoms with Crippen LogP contribution in [0.1, 0.15) is 31.7 Å². The predicted molar refractivity (Wildman–Crippen MR) is 66.4 cm³/mol. The summed E-state index contributed by atoms with van der Waals surface area (Å²) in [5.41, 5.74) is 1.30. The lowest BCUT2D eigenvalue weighted by atomic mass is 10.2. The Morgan fingerprint density at radius 1 is 1.40 bits per heavy atom. The molecule has 82 valence electrons. The molecule has 0 fully saturated rings. The maximum Gasteiger partial charge on any atom is 0.132 e. The summed E-state index contributed by atoms with van der Waals surface area (Å²) < 4.78 is 0. The van der Waals surface area contributed by atoms with E-state index in [1.807, 2.05) is 18.7 Å². The highest BCUT2D eigenvalue weighted by Gasteiger charge is 1.98. The van der Waals surface area contributed by atoms with Crippen molar-refractivity contribution in [2.45, 2.75) is 38.0 Å². The summed E-state index contributed by atoms with van der Waals surface area (Å²) in [6.07, 6.45) is 2.40. The van der Waals surface area contributed by atoms with Gasteiger partial charge in [-0.05, 0) is 31.2 Å². The van der Waals surface area contributed by atoms with Gasteiger partial charge in [-0.25, -0.2) is 0 Å². The van der Waals surface area contributed by atoms with Crippen molar-refractivity contribution in [3.8, 4) is 0 Å². The minimum absolute atomic E-state index is 0.375. The molecule has 0 atom stereocenters. The second-order valence-electron chi connectivity index (χ2n) is 3.66. The van der Waals surface area contributed by atoms with E-state index in [0.29, 0.717) is 12.2 Å². The number of thioether (sulfide) groups is 1. The average molecular weight is 222 g/mol. The van der Waals surface area contributed by atoms with Crippen LogP contribution in [0.3, 0.4) is 0 Å². The van der Waals surface area contributed by atoms with Gasteiger partial charge < -0.3 is 0 Å². The standard InChI is InChI=1S/C13H18OS/c1-3-12(14)7-5-9-15-13-8-4-6-11(2)10-13/h4,6,8,10H,3,5,7,9H2,1-2H3. The van der Waals surface area contributed by atoms with Gasteiger partial charge >= 0.3 is 0 Å². The number of hydrogen-bond acceptors (Lipinski definition) is 2. The molecule has 1 rings (SSSR count). The van der Waals surface area contributed by atoms with Crippen molar-refractivity contribution in [3.05, 3.63) is 29.8 Å². The number of carbonyl (C=O) groups excluding carboxylic acids is 1. The van der Waals surface area contributed by atoms with Gasteiger partial charge in [0.15, 0.2) is 0 Å². The molecule has 1 aromatic rings. The molecule has 0 heterocycles. The molecule has 0 radical (unpaired) electrons. The van der Waals surface area contributed by atoms with E-state index in [4.69, 9.17) is 0 Å². The molecular formula is C13H18OS. The van der Waals surface area contributed by atoms with E-state index < -0.39 is 0 Å². The van der Waals surface area contributed by atoms with E-state index in [2.05, 4.69) is 31.2 Å². The van der Waals surface area contributed by atoms with E-state index in [0.717, 1.165) is 18.6 Å². The van der Waals surface area contributed by atoms with Gasteiger partial charge in [-0.3, -0.25) is 4.79 Å². The van der Waals surface area contributed by atoms with E-state index in [-0.39, 0.29) is 0 Å². The Bertz CT molecular complexity index is 320. The zero-order chi connectivity index (χ0) is 11.1. The SMILES string of the molecule is CCC(=O)CCCSc1cccc(C)c1. The Hall–Kier alpha value is -0.760. The zero-order valence-corrected chi connectivity index (χ0v) is 10.3. The molecule has 0 N–H and O–H groups in total. The van der Waals surface area contributed by atoms with Gasteiger partial charge in [0, 0.05) is 17.7 Å². The van der Waals surface area contributed by atoms with Crippen molar-refractivity contribution in [3.63, 3.8) is 0 Å². The molecule has 0 bridgehead atoms. The number of ketones is 1. The average Bonchev–Trinajstić information content (AvgIpc) is 2.24. The Kier molecular flexibility index (Phi) is 5.48. The third-order valence-corrected chi connectivity index (χ3v) is 3.33. The van der Waals surface area contributed by atoms with Gasteiger partial charge in [-0.2, -0.15) is 0 Å². The number of aryl methyl sites for hydroxylation is 1. The maximum atomic E-state index is 11.1. The molecule has 0 spiro atoms. The molecule has 0 aliphatic rings. The molecule has 0 aromatic heterocycles. The zero-order valence-electron chi connectivity index (χ0n) is 9.45. The summed E-state index contributed by atoms with van der Waals surface area (Å²) in [6, 6.07) is 8.49. The van der Waals surface area contributed by atoms with Gasteiger partial charge in [0.05, 0.1) is 0 Å². The highest BCUT2D eigenvalue weighted by atomic mass is 32.2. The molecule has 1 nitrogen and oxygen atoms in total. The van der Waals surface area contributed by atoms with Gasteiger partial charge in [0.1, 0.15) is 5.78 Å². The first-order valence-electron chi connectivity index (χ1n) is 5.43. The Morgan fingerprint density at radius 2 is 2.20 bits per heavy atom. The Labute approximate surface area is 96.3 Å². The van der Waals surface area contributed by atoms with E-state index in [9.17, 15) is 4.79 Å². The molecule has 0 amide bonds. The normalized spacial score (nSPS) is 10.3. The number of Topliss-reactive ketones (excluding diaryl/α,β-unsaturated/α-hetero) is 1. The quantitative estimate of drug-likeness (QED) is 0.537. The largest absolute Gasteiger partial charge is 0.300 e. The summed E-state index contributed by atoms with van der Waals surface area (Å²) in [5, 5.41) is 0. The first-order chi connectivity index (χ1) is 7.22. The highest BCUT2D eigenvalue weighted by molar-refractivity contribution is 7.99. The van der Waals surface area contributed by atoms with Crippen LogP contribution in [-0.2, 0) is 4.79 Å². The molecule has 0 aliphatic heterocycles. The number of rotatable bonds is 6. The molecule has 0 unspecified atom stereocenters. The molecule has 1 aromatic carbocycles. The second-order valence-corrected chi connectivity index (χ2v) is 4.83. The van der Waals surface area contributed by atoms with Crippen molar-refractivity contribution < 1.29 is 4.79 Å². The van der Waals surface area contributed by atoms with Crippen LogP contribution >= 0.6 is 11.8 Å². The smallest absolute Gasteiger partial charge is 0.132 e. The lowest BCUT2D eigenvalue weighted by molar-refractivity contribution is -0.118.